The predicted molar refractivity (Wildman–Crippen MR) is 87.5 cm³/mol. The number of thiophene rings is 1. The highest BCUT2D eigenvalue weighted by Crippen LogP contribution is 2.26. The molecular weight excluding hydrogens is 298 g/mol. The summed E-state index contributed by atoms with van der Waals surface area (Å²) in [5.74, 6) is -0.0833. The zero-order valence-electron chi connectivity index (χ0n) is 11.8. The lowest BCUT2D eigenvalue weighted by molar-refractivity contribution is -0.114. The van der Waals surface area contributed by atoms with Gasteiger partial charge in [0.2, 0.25) is 5.91 Å². The molecule has 0 saturated carbocycles. The van der Waals surface area contributed by atoms with Gasteiger partial charge in [-0.2, -0.15) is 0 Å². The fourth-order valence-electron chi connectivity index (χ4n) is 2.05. The fraction of sp³-hybridized carbons (Fsp3) is 0.0588. The van der Waals surface area contributed by atoms with Gasteiger partial charge in [-0.25, -0.2) is 4.79 Å². The highest BCUT2D eigenvalue weighted by molar-refractivity contribution is 7.20. The highest BCUT2D eigenvalue weighted by atomic mass is 32.1. The van der Waals surface area contributed by atoms with Gasteiger partial charge in [-0.05, 0) is 41.8 Å². The molecule has 0 aliphatic rings. The van der Waals surface area contributed by atoms with E-state index in [1.807, 2.05) is 30.3 Å². The Morgan fingerprint density at radius 3 is 2.45 bits per heavy atom. The van der Waals surface area contributed by atoms with Gasteiger partial charge in [-0.1, -0.05) is 18.2 Å². The van der Waals surface area contributed by atoms with E-state index in [0.29, 0.717) is 16.3 Å². The van der Waals surface area contributed by atoms with Gasteiger partial charge in [-0.15, -0.1) is 11.3 Å². The monoisotopic (exact) mass is 311 g/mol. The van der Waals surface area contributed by atoms with Crippen LogP contribution in [0, 0.1) is 0 Å². The van der Waals surface area contributed by atoms with Crippen LogP contribution in [-0.4, -0.2) is 11.9 Å². The predicted octanol–water partition coefficient (Wildman–Crippen LogP) is 4.08. The zero-order valence-corrected chi connectivity index (χ0v) is 12.6. The lowest BCUT2D eigenvalue weighted by Crippen LogP contribution is -2.07. The van der Waals surface area contributed by atoms with E-state index in [1.54, 1.807) is 24.3 Å². The van der Waals surface area contributed by atoms with E-state index in [0.717, 1.165) is 10.1 Å². The molecule has 0 spiro atoms. The fourth-order valence-corrected chi connectivity index (χ4v) is 2.99. The van der Waals surface area contributed by atoms with Crippen LogP contribution in [0.1, 0.15) is 16.6 Å². The molecule has 5 heteroatoms. The average Bonchev–Trinajstić information content (AvgIpc) is 2.93. The van der Waals surface area contributed by atoms with Gasteiger partial charge < -0.3 is 10.1 Å². The third-order valence-corrected chi connectivity index (χ3v) is 4.11. The van der Waals surface area contributed by atoms with Gasteiger partial charge in [0.15, 0.2) is 0 Å². The Morgan fingerprint density at radius 1 is 1.05 bits per heavy atom. The topological polar surface area (TPSA) is 55.4 Å². The summed E-state index contributed by atoms with van der Waals surface area (Å²) in [5.41, 5.74) is 0.661. The molecule has 3 rings (SSSR count). The Labute approximate surface area is 131 Å². The van der Waals surface area contributed by atoms with E-state index in [2.05, 4.69) is 5.32 Å². The minimum atomic E-state index is -0.381. The molecule has 0 aliphatic heterocycles. The Bertz CT molecular complexity index is 803. The van der Waals surface area contributed by atoms with Crippen LogP contribution in [0.5, 0.6) is 5.75 Å². The molecule has 0 unspecified atom stereocenters. The summed E-state index contributed by atoms with van der Waals surface area (Å²) in [6.07, 6.45) is 0. The summed E-state index contributed by atoms with van der Waals surface area (Å²) >= 11 is 1.40. The number of benzene rings is 2. The number of carbonyl (C=O) groups is 2. The van der Waals surface area contributed by atoms with Crippen LogP contribution >= 0.6 is 11.3 Å². The van der Waals surface area contributed by atoms with Crippen LogP contribution in [0.4, 0.5) is 5.69 Å². The summed E-state index contributed by atoms with van der Waals surface area (Å²) in [5, 5.41) is 3.69. The van der Waals surface area contributed by atoms with E-state index >= 15 is 0 Å². The number of carbonyl (C=O) groups excluding carboxylic acids is 2. The largest absolute Gasteiger partial charge is 0.422 e. The number of amides is 1. The summed E-state index contributed by atoms with van der Waals surface area (Å²) in [7, 11) is 0. The lowest BCUT2D eigenvalue weighted by Gasteiger charge is -2.05. The van der Waals surface area contributed by atoms with Crippen LogP contribution in [0.3, 0.4) is 0 Å². The van der Waals surface area contributed by atoms with Crippen molar-refractivity contribution in [3.63, 3.8) is 0 Å². The van der Waals surface area contributed by atoms with Crippen LogP contribution in [0.2, 0.25) is 0 Å². The minimum absolute atomic E-state index is 0.143. The number of rotatable bonds is 3. The third-order valence-electron chi connectivity index (χ3n) is 3.01. The van der Waals surface area contributed by atoms with Crippen molar-refractivity contribution in [1.82, 2.24) is 0 Å². The molecule has 0 fully saturated rings. The molecule has 22 heavy (non-hydrogen) atoms. The first-order valence-corrected chi connectivity index (χ1v) is 7.52. The second-order valence-electron chi connectivity index (χ2n) is 4.74. The molecule has 0 aliphatic carbocycles. The molecule has 0 radical (unpaired) electrons. The van der Waals surface area contributed by atoms with Crippen molar-refractivity contribution in [3.05, 3.63) is 59.5 Å². The number of hydrogen-bond acceptors (Lipinski definition) is 4. The Balaban J connectivity index is 1.74. The van der Waals surface area contributed by atoms with Crippen LogP contribution < -0.4 is 10.1 Å². The molecule has 0 saturated heterocycles. The van der Waals surface area contributed by atoms with Gasteiger partial charge in [0.05, 0.1) is 0 Å². The van der Waals surface area contributed by atoms with Crippen molar-refractivity contribution in [3.8, 4) is 5.75 Å². The first kappa shape index (κ1) is 14.3. The third kappa shape index (κ3) is 3.15. The van der Waals surface area contributed by atoms with Crippen LogP contribution in [0.25, 0.3) is 10.1 Å². The smallest absolute Gasteiger partial charge is 0.353 e. The summed E-state index contributed by atoms with van der Waals surface area (Å²) in [6.45, 7) is 1.44. The number of nitrogens with one attached hydrogen (secondary N) is 1. The van der Waals surface area contributed by atoms with Gasteiger partial charge >= 0.3 is 5.97 Å². The summed E-state index contributed by atoms with van der Waals surface area (Å²) in [6, 6.07) is 16.3. The van der Waals surface area contributed by atoms with Crippen molar-refractivity contribution in [1.29, 1.82) is 0 Å². The Kier molecular flexibility index (Phi) is 3.89. The molecule has 1 N–H and O–H groups in total. The van der Waals surface area contributed by atoms with Crippen molar-refractivity contribution in [2.24, 2.45) is 0 Å². The van der Waals surface area contributed by atoms with Crippen LogP contribution in [-0.2, 0) is 4.79 Å². The summed E-state index contributed by atoms with van der Waals surface area (Å²) < 4.78 is 6.40. The number of esters is 1. The van der Waals surface area contributed by atoms with Crippen molar-refractivity contribution < 1.29 is 14.3 Å². The number of hydrogen-bond donors (Lipinski definition) is 1. The second kappa shape index (κ2) is 5.99. The normalized spacial score (nSPS) is 10.4. The van der Waals surface area contributed by atoms with E-state index in [-0.39, 0.29) is 11.9 Å². The molecule has 1 heterocycles. The molecule has 4 nitrogen and oxygen atoms in total. The molecule has 1 amide bonds. The molecule has 0 atom stereocenters. The van der Waals surface area contributed by atoms with Crippen molar-refractivity contribution in [2.45, 2.75) is 6.92 Å². The van der Waals surface area contributed by atoms with Crippen molar-refractivity contribution in [2.75, 3.05) is 5.32 Å². The molecule has 110 valence electrons. The number of anilines is 1. The highest BCUT2D eigenvalue weighted by Gasteiger charge is 2.12. The first-order chi connectivity index (χ1) is 10.6. The average molecular weight is 311 g/mol. The van der Waals surface area contributed by atoms with E-state index < -0.39 is 0 Å². The zero-order chi connectivity index (χ0) is 15.5. The minimum Gasteiger partial charge on any atom is -0.422 e. The molecule has 2 aromatic carbocycles. The Morgan fingerprint density at radius 2 is 1.77 bits per heavy atom. The van der Waals surface area contributed by atoms with E-state index in [4.69, 9.17) is 4.74 Å². The van der Waals surface area contributed by atoms with Crippen LogP contribution in [0.15, 0.2) is 54.6 Å². The molecule has 0 bridgehead atoms. The van der Waals surface area contributed by atoms with E-state index in [1.165, 1.54) is 18.3 Å². The summed E-state index contributed by atoms with van der Waals surface area (Å²) in [4.78, 5) is 23.7. The SMILES string of the molecule is CC(=O)Nc1ccc(OC(=O)c2cc3ccccc3s2)cc1. The quantitative estimate of drug-likeness (QED) is 0.586. The van der Waals surface area contributed by atoms with Gasteiger partial charge in [-0.3, -0.25) is 4.79 Å². The molecule has 3 aromatic rings. The second-order valence-corrected chi connectivity index (χ2v) is 5.83. The van der Waals surface area contributed by atoms with E-state index in [9.17, 15) is 9.59 Å². The number of ether oxygens (including phenoxy) is 1. The van der Waals surface area contributed by atoms with Gasteiger partial charge in [0.25, 0.3) is 0 Å². The lowest BCUT2D eigenvalue weighted by atomic mass is 10.2. The molecule has 1 aromatic heterocycles. The van der Waals surface area contributed by atoms with Gasteiger partial charge in [0, 0.05) is 17.3 Å². The Hall–Kier alpha value is -2.66. The maximum Gasteiger partial charge on any atom is 0.353 e. The first-order valence-electron chi connectivity index (χ1n) is 6.70. The van der Waals surface area contributed by atoms with Gasteiger partial charge in [0.1, 0.15) is 10.6 Å². The maximum absolute atomic E-state index is 12.2. The number of fused-ring (bicyclic) bond motifs is 1. The van der Waals surface area contributed by atoms with Crippen molar-refractivity contribution >= 4 is 39.0 Å². The standard InChI is InChI=1S/C17H13NO3S/c1-11(19)18-13-6-8-14(9-7-13)21-17(20)16-10-12-4-2-3-5-15(12)22-16/h2-10H,1H3,(H,18,19). The maximum atomic E-state index is 12.2. The molecular formula is C17H13NO3S.